The average molecular weight is 280 g/mol. The summed E-state index contributed by atoms with van der Waals surface area (Å²) in [6, 6.07) is 0. The molecule has 0 atom stereocenters. The highest BCUT2D eigenvalue weighted by Crippen LogP contribution is 2.10. The Balaban J connectivity index is 0. The van der Waals surface area contributed by atoms with Gasteiger partial charge in [0, 0.05) is 12.0 Å². The van der Waals surface area contributed by atoms with Crippen LogP contribution in [0.1, 0.15) is 13.8 Å². The maximum atomic E-state index is 10.6. The first-order valence-corrected chi connectivity index (χ1v) is 10.6. The molecule has 0 N–H and O–H groups in total. The standard InChI is InChI=1S/C4H10O2S2.C2H6O2S2/c1-3-7-8(5,6)4-2;1-5-6(2,3)4/h3-4H2,1-2H3;1-2H3. The normalized spacial score (nSPS) is 11.7. The van der Waals surface area contributed by atoms with E-state index >= 15 is 0 Å². The van der Waals surface area contributed by atoms with Crippen molar-refractivity contribution in [2.45, 2.75) is 13.8 Å². The third kappa shape index (κ3) is 15.1. The van der Waals surface area contributed by atoms with Crippen molar-refractivity contribution in [3.63, 3.8) is 0 Å². The van der Waals surface area contributed by atoms with E-state index in [4.69, 9.17) is 0 Å². The van der Waals surface area contributed by atoms with Gasteiger partial charge in [0.2, 0.25) is 8.87 Å². The van der Waals surface area contributed by atoms with Crippen LogP contribution in [0.4, 0.5) is 0 Å². The highest BCUT2D eigenvalue weighted by molar-refractivity contribution is 8.72. The first-order valence-electron chi connectivity index (χ1n) is 3.81. The zero-order valence-corrected chi connectivity index (χ0v) is 11.9. The minimum atomic E-state index is -2.75. The fourth-order valence-electron chi connectivity index (χ4n) is 0.263. The van der Waals surface area contributed by atoms with Gasteiger partial charge >= 0.3 is 0 Å². The summed E-state index contributed by atoms with van der Waals surface area (Å²) < 4.78 is 41.1. The molecular weight excluding hydrogens is 264 g/mol. The Hall–Kier alpha value is 0.600. The number of hydrogen-bond acceptors (Lipinski definition) is 6. The molecule has 0 rings (SSSR count). The van der Waals surface area contributed by atoms with E-state index in [1.807, 2.05) is 6.92 Å². The molecule has 0 aliphatic carbocycles. The van der Waals surface area contributed by atoms with Crippen LogP contribution in [-0.4, -0.2) is 40.9 Å². The first kappa shape index (κ1) is 17.0. The Kier molecular flexibility index (Phi) is 9.52. The molecule has 0 aromatic rings. The molecule has 14 heavy (non-hydrogen) atoms. The molecule has 8 heteroatoms. The van der Waals surface area contributed by atoms with Gasteiger partial charge in [0.05, 0.1) is 5.75 Å². The molecule has 0 bridgehead atoms. The van der Waals surface area contributed by atoms with E-state index < -0.39 is 17.7 Å². The van der Waals surface area contributed by atoms with Crippen molar-refractivity contribution in [2.24, 2.45) is 0 Å². The minimum absolute atomic E-state index is 0.242. The van der Waals surface area contributed by atoms with Crippen LogP contribution in [0, 0.1) is 0 Å². The second-order valence-corrected chi connectivity index (χ2v) is 11.4. The highest BCUT2D eigenvalue weighted by atomic mass is 33.1. The molecule has 88 valence electrons. The van der Waals surface area contributed by atoms with Crippen LogP contribution in [0.15, 0.2) is 0 Å². The van der Waals surface area contributed by atoms with Crippen LogP contribution in [0.2, 0.25) is 0 Å². The molecule has 0 aliphatic rings. The van der Waals surface area contributed by atoms with Gasteiger partial charge in [-0.2, -0.15) is 0 Å². The van der Waals surface area contributed by atoms with Gasteiger partial charge < -0.3 is 0 Å². The maximum Gasteiger partial charge on any atom is 0.201 e. The van der Waals surface area contributed by atoms with E-state index in [0.717, 1.165) is 21.6 Å². The van der Waals surface area contributed by atoms with Crippen molar-refractivity contribution in [1.82, 2.24) is 0 Å². The Labute approximate surface area is 93.9 Å². The SMILES string of the molecule is CCSS(=O)(=O)CC.CSS(C)(=O)=O. The predicted molar refractivity (Wildman–Crippen MR) is 66.0 cm³/mol. The third-order valence-corrected chi connectivity index (χ3v) is 7.17. The molecule has 0 unspecified atom stereocenters. The molecule has 0 radical (unpaired) electrons. The molecule has 0 saturated carbocycles. The molecule has 0 aromatic carbocycles. The predicted octanol–water partition coefficient (Wildman–Crippen LogP) is 1.40. The van der Waals surface area contributed by atoms with Crippen molar-refractivity contribution in [2.75, 3.05) is 24.0 Å². The van der Waals surface area contributed by atoms with Crippen LogP contribution in [-0.2, 0) is 17.7 Å². The van der Waals surface area contributed by atoms with E-state index in [9.17, 15) is 16.8 Å². The van der Waals surface area contributed by atoms with Crippen molar-refractivity contribution in [3.05, 3.63) is 0 Å². The molecule has 0 amide bonds. The fraction of sp³-hybridized carbons (Fsp3) is 1.00. The van der Waals surface area contributed by atoms with Gasteiger partial charge in [0.15, 0.2) is 8.87 Å². The summed E-state index contributed by atoms with van der Waals surface area (Å²) in [6.45, 7) is 3.48. The summed E-state index contributed by atoms with van der Waals surface area (Å²) in [5.41, 5.74) is 0. The molecular formula is C6H16O4S4. The second kappa shape index (κ2) is 7.84. The molecule has 0 aliphatic heterocycles. The lowest BCUT2D eigenvalue weighted by Crippen LogP contribution is -1.95. The molecule has 0 heterocycles. The lowest BCUT2D eigenvalue weighted by molar-refractivity contribution is 0.611. The lowest BCUT2D eigenvalue weighted by Gasteiger charge is -1.92. The second-order valence-electron chi connectivity index (χ2n) is 2.12. The van der Waals surface area contributed by atoms with Gasteiger partial charge in [0.25, 0.3) is 0 Å². The smallest absolute Gasteiger partial charge is 0.201 e. The Bertz CT molecular complexity index is 316. The van der Waals surface area contributed by atoms with Crippen molar-refractivity contribution < 1.29 is 16.8 Å². The van der Waals surface area contributed by atoms with E-state index in [1.54, 1.807) is 6.92 Å². The van der Waals surface area contributed by atoms with Gasteiger partial charge in [-0.1, -0.05) is 13.8 Å². The maximum absolute atomic E-state index is 10.6. The topological polar surface area (TPSA) is 68.3 Å². The Morgan fingerprint density at radius 3 is 1.50 bits per heavy atom. The zero-order chi connectivity index (χ0) is 11.8. The Morgan fingerprint density at radius 2 is 1.43 bits per heavy atom. The van der Waals surface area contributed by atoms with E-state index in [0.29, 0.717) is 5.75 Å². The van der Waals surface area contributed by atoms with Gasteiger partial charge in [-0.3, -0.25) is 0 Å². The van der Waals surface area contributed by atoms with E-state index in [1.165, 1.54) is 12.5 Å². The quantitative estimate of drug-likeness (QED) is 0.725. The third-order valence-electron chi connectivity index (χ3n) is 0.954. The van der Waals surface area contributed by atoms with Crippen LogP contribution in [0.25, 0.3) is 0 Å². The van der Waals surface area contributed by atoms with Crippen LogP contribution < -0.4 is 0 Å². The van der Waals surface area contributed by atoms with Crippen molar-refractivity contribution in [1.29, 1.82) is 0 Å². The summed E-state index contributed by atoms with van der Waals surface area (Å²) in [5, 5.41) is 0. The summed E-state index contributed by atoms with van der Waals surface area (Å²) >= 11 is 0. The monoisotopic (exact) mass is 280 g/mol. The number of rotatable bonds is 4. The molecule has 0 saturated heterocycles. The molecule has 0 aromatic heterocycles. The molecule has 0 fully saturated rings. The van der Waals surface area contributed by atoms with Gasteiger partial charge in [-0.15, -0.1) is 0 Å². The first-order chi connectivity index (χ1) is 6.18. The van der Waals surface area contributed by atoms with Crippen LogP contribution in [0.5, 0.6) is 0 Å². The summed E-state index contributed by atoms with van der Waals surface area (Å²) in [6.07, 6.45) is 2.72. The van der Waals surface area contributed by atoms with Gasteiger partial charge in [0.1, 0.15) is 0 Å². The van der Waals surface area contributed by atoms with Crippen molar-refractivity contribution >= 4 is 39.3 Å². The lowest BCUT2D eigenvalue weighted by atomic mass is 11.0. The van der Waals surface area contributed by atoms with Crippen LogP contribution in [0.3, 0.4) is 0 Å². The fourth-order valence-corrected chi connectivity index (χ4v) is 2.37. The summed E-state index contributed by atoms with van der Waals surface area (Å²) in [7, 11) is -3.64. The van der Waals surface area contributed by atoms with E-state index in [-0.39, 0.29) is 5.75 Å². The highest BCUT2D eigenvalue weighted by Gasteiger charge is 2.03. The van der Waals surface area contributed by atoms with Gasteiger partial charge in [-0.05, 0) is 27.8 Å². The van der Waals surface area contributed by atoms with Gasteiger partial charge in [-0.25, -0.2) is 16.8 Å². The van der Waals surface area contributed by atoms with Crippen LogP contribution >= 0.6 is 21.6 Å². The largest absolute Gasteiger partial charge is 0.218 e. The zero-order valence-electron chi connectivity index (χ0n) is 8.68. The van der Waals surface area contributed by atoms with Crippen molar-refractivity contribution in [3.8, 4) is 0 Å². The summed E-state index contributed by atoms with van der Waals surface area (Å²) in [5.74, 6) is 0.891. The minimum Gasteiger partial charge on any atom is -0.218 e. The van der Waals surface area contributed by atoms with E-state index in [2.05, 4.69) is 0 Å². The molecule has 4 nitrogen and oxygen atoms in total. The molecule has 0 spiro atoms. The average Bonchev–Trinajstić information content (AvgIpc) is 2.04. The number of hydrogen-bond donors (Lipinski definition) is 0. The summed E-state index contributed by atoms with van der Waals surface area (Å²) in [4.78, 5) is 0. The Morgan fingerprint density at radius 1 is 1.07 bits per heavy atom.